The smallest absolute Gasteiger partial charge is 0.343 e. The molecule has 0 aromatic heterocycles. The molecular formula is C23H17NO2. The van der Waals surface area contributed by atoms with E-state index in [1.807, 2.05) is 30.4 Å². The molecule has 0 fully saturated rings. The van der Waals surface area contributed by atoms with Crippen LogP contribution in [-0.4, -0.2) is 5.97 Å². The SMILES string of the molecule is Cc1ccc(/C=C/c2ccc(C(=O)Oc3ccc(C#N)cc3)cc2)cc1. The highest BCUT2D eigenvalue weighted by Crippen LogP contribution is 2.15. The van der Waals surface area contributed by atoms with Gasteiger partial charge in [-0.1, -0.05) is 54.1 Å². The zero-order valence-electron chi connectivity index (χ0n) is 14.3. The van der Waals surface area contributed by atoms with Crippen LogP contribution in [0.15, 0.2) is 72.8 Å². The summed E-state index contributed by atoms with van der Waals surface area (Å²) in [4.78, 5) is 12.2. The molecule has 0 spiro atoms. The summed E-state index contributed by atoms with van der Waals surface area (Å²) in [5.41, 5.74) is 4.35. The molecule has 0 aliphatic carbocycles. The zero-order chi connectivity index (χ0) is 18.4. The minimum atomic E-state index is -0.427. The molecule has 0 aliphatic heterocycles. The zero-order valence-corrected chi connectivity index (χ0v) is 14.3. The molecule has 0 unspecified atom stereocenters. The number of nitriles is 1. The number of ether oxygens (including phenoxy) is 1. The van der Waals surface area contributed by atoms with Gasteiger partial charge in [0.15, 0.2) is 0 Å². The van der Waals surface area contributed by atoms with Gasteiger partial charge in [0.2, 0.25) is 0 Å². The Kier molecular flexibility index (Phi) is 5.26. The summed E-state index contributed by atoms with van der Waals surface area (Å²) in [6, 6.07) is 24.0. The molecule has 0 amide bonds. The molecule has 0 saturated carbocycles. The lowest BCUT2D eigenvalue weighted by Gasteiger charge is -2.04. The van der Waals surface area contributed by atoms with Crippen LogP contribution in [0.2, 0.25) is 0 Å². The van der Waals surface area contributed by atoms with Crippen molar-refractivity contribution in [3.8, 4) is 11.8 Å². The van der Waals surface area contributed by atoms with Crippen LogP contribution in [0.5, 0.6) is 5.75 Å². The van der Waals surface area contributed by atoms with Gasteiger partial charge in [0.25, 0.3) is 0 Å². The summed E-state index contributed by atoms with van der Waals surface area (Å²) in [7, 11) is 0. The minimum absolute atomic E-state index is 0.414. The molecular weight excluding hydrogens is 322 g/mol. The van der Waals surface area contributed by atoms with Gasteiger partial charge < -0.3 is 4.74 Å². The number of hydrogen-bond donors (Lipinski definition) is 0. The molecule has 3 nitrogen and oxygen atoms in total. The average molecular weight is 339 g/mol. The van der Waals surface area contributed by atoms with Crippen molar-refractivity contribution < 1.29 is 9.53 Å². The van der Waals surface area contributed by atoms with E-state index in [1.165, 1.54) is 5.56 Å². The molecule has 26 heavy (non-hydrogen) atoms. The van der Waals surface area contributed by atoms with E-state index in [1.54, 1.807) is 36.4 Å². The fourth-order valence-electron chi connectivity index (χ4n) is 2.36. The Morgan fingerprint density at radius 1 is 0.846 bits per heavy atom. The number of carbonyl (C=O) groups is 1. The summed E-state index contributed by atoms with van der Waals surface area (Å²) in [6.07, 6.45) is 4.03. The first-order valence-corrected chi connectivity index (χ1v) is 8.21. The second kappa shape index (κ2) is 7.96. The standard InChI is InChI=1S/C23H17NO2/c1-17-2-4-18(5-3-17)6-7-19-8-12-21(13-9-19)23(25)26-22-14-10-20(16-24)11-15-22/h2-15H,1H3/b7-6+. The van der Waals surface area contributed by atoms with Gasteiger partial charge in [-0.05, 0) is 54.4 Å². The Bertz CT molecular complexity index is 961. The molecule has 0 N–H and O–H groups in total. The van der Waals surface area contributed by atoms with Gasteiger partial charge in [0.1, 0.15) is 5.75 Å². The van der Waals surface area contributed by atoms with Gasteiger partial charge in [-0.2, -0.15) is 5.26 Å². The maximum Gasteiger partial charge on any atom is 0.343 e. The van der Waals surface area contributed by atoms with Crippen LogP contribution in [0.4, 0.5) is 0 Å². The van der Waals surface area contributed by atoms with E-state index in [0.717, 1.165) is 11.1 Å². The topological polar surface area (TPSA) is 50.1 Å². The third-order valence-corrected chi connectivity index (χ3v) is 3.89. The first-order valence-electron chi connectivity index (χ1n) is 8.21. The number of esters is 1. The summed E-state index contributed by atoms with van der Waals surface area (Å²) in [6.45, 7) is 2.06. The van der Waals surface area contributed by atoms with Crippen molar-refractivity contribution in [3.05, 3.63) is 101 Å². The van der Waals surface area contributed by atoms with Crippen LogP contribution in [0.25, 0.3) is 12.2 Å². The predicted molar refractivity (Wildman–Crippen MR) is 103 cm³/mol. The Morgan fingerprint density at radius 2 is 1.38 bits per heavy atom. The maximum absolute atomic E-state index is 12.2. The lowest BCUT2D eigenvalue weighted by Crippen LogP contribution is -2.08. The Labute approximate surface area is 152 Å². The van der Waals surface area contributed by atoms with Gasteiger partial charge in [0.05, 0.1) is 17.2 Å². The van der Waals surface area contributed by atoms with Crippen molar-refractivity contribution >= 4 is 18.1 Å². The molecule has 0 aliphatic rings. The summed E-state index contributed by atoms with van der Waals surface area (Å²) < 4.78 is 5.31. The third-order valence-electron chi connectivity index (χ3n) is 3.89. The Morgan fingerprint density at radius 3 is 1.92 bits per heavy atom. The first kappa shape index (κ1) is 17.2. The van der Waals surface area contributed by atoms with Crippen LogP contribution in [-0.2, 0) is 0 Å². The molecule has 3 aromatic rings. The third kappa shape index (κ3) is 4.46. The van der Waals surface area contributed by atoms with Gasteiger partial charge in [-0.3, -0.25) is 0 Å². The molecule has 0 bridgehead atoms. The van der Waals surface area contributed by atoms with Crippen molar-refractivity contribution in [2.75, 3.05) is 0 Å². The van der Waals surface area contributed by atoms with Crippen LogP contribution < -0.4 is 4.74 Å². The summed E-state index contributed by atoms with van der Waals surface area (Å²) in [5.74, 6) is -0.0129. The number of hydrogen-bond acceptors (Lipinski definition) is 3. The molecule has 0 heterocycles. The van der Waals surface area contributed by atoms with E-state index in [-0.39, 0.29) is 0 Å². The molecule has 3 rings (SSSR count). The fraction of sp³-hybridized carbons (Fsp3) is 0.0435. The lowest BCUT2D eigenvalue weighted by atomic mass is 10.1. The normalized spacial score (nSPS) is 10.5. The molecule has 0 radical (unpaired) electrons. The molecule has 3 heteroatoms. The lowest BCUT2D eigenvalue weighted by molar-refractivity contribution is 0.0735. The van der Waals surface area contributed by atoms with Crippen LogP contribution in [0.1, 0.15) is 32.6 Å². The van der Waals surface area contributed by atoms with E-state index in [9.17, 15) is 4.79 Å². The number of rotatable bonds is 4. The first-order chi connectivity index (χ1) is 12.6. The largest absolute Gasteiger partial charge is 0.423 e. The van der Waals surface area contributed by atoms with Crippen LogP contribution in [0.3, 0.4) is 0 Å². The predicted octanol–water partition coefficient (Wildman–Crippen LogP) is 5.26. The van der Waals surface area contributed by atoms with Crippen molar-refractivity contribution in [1.29, 1.82) is 5.26 Å². The Hall–Kier alpha value is -3.64. The molecule has 0 saturated heterocycles. The van der Waals surface area contributed by atoms with E-state index in [2.05, 4.69) is 31.2 Å². The second-order valence-corrected chi connectivity index (χ2v) is 5.89. The number of nitrogens with zero attached hydrogens (tertiary/aromatic N) is 1. The monoisotopic (exact) mass is 339 g/mol. The van der Waals surface area contributed by atoms with E-state index < -0.39 is 5.97 Å². The minimum Gasteiger partial charge on any atom is -0.423 e. The van der Waals surface area contributed by atoms with Crippen molar-refractivity contribution in [2.24, 2.45) is 0 Å². The van der Waals surface area contributed by atoms with Gasteiger partial charge >= 0.3 is 5.97 Å². The molecule has 126 valence electrons. The van der Waals surface area contributed by atoms with Crippen molar-refractivity contribution in [1.82, 2.24) is 0 Å². The summed E-state index contributed by atoms with van der Waals surface area (Å²) >= 11 is 0. The average Bonchev–Trinajstić information content (AvgIpc) is 2.68. The van der Waals surface area contributed by atoms with Gasteiger partial charge in [-0.25, -0.2) is 4.79 Å². The van der Waals surface area contributed by atoms with Crippen LogP contribution in [0, 0.1) is 18.3 Å². The highest BCUT2D eigenvalue weighted by molar-refractivity contribution is 5.91. The van der Waals surface area contributed by atoms with Crippen LogP contribution >= 0.6 is 0 Å². The highest BCUT2D eigenvalue weighted by Gasteiger charge is 2.08. The number of carbonyl (C=O) groups excluding carboxylic acids is 1. The van der Waals surface area contributed by atoms with Crippen molar-refractivity contribution in [3.63, 3.8) is 0 Å². The molecule has 0 atom stereocenters. The molecule has 3 aromatic carbocycles. The van der Waals surface area contributed by atoms with E-state index in [4.69, 9.17) is 10.00 Å². The Balaban J connectivity index is 1.65. The fourth-order valence-corrected chi connectivity index (χ4v) is 2.36. The second-order valence-electron chi connectivity index (χ2n) is 5.89. The number of benzene rings is 3. The highest BCUT2D eigenvalue weighted by atomic mass is 16.5. The van der Waals surface area contributed by atoms with E-state index in [0.29, 0.717) is 16.9 Å². The van der Waals surface area contributed by atoms with E-state index >= 15 is 0 Å². The summed E-state index contributed by atoms with van der Waals surface area (Å²) in [5, 5.41) is 8.78. The maximum atomic E-state index is 12.2. The quantitative estimate of drug-likeness (QED) is 0.370. The van der Waals surface area contributed by atoms with Crippen molar-refractivity contribution in [2.45, 2.75) is 6.92 Å². The van der Waals surface area contributed by atoms with Gasteiger partial charge in [0, 0.05) is 0 Å². The van der Waals surface area contributed by atoms with Gasteiger partial charge in [-0.15, -0.1) is 0 Å². The number of aryl methyl sites for hydroxylation is 1.